The van der Waals surface area contributed by atoms with Crippen molar-refractivity contribution in [3.8, 4) is 0 Å². The average molecular weight is 218 g/mol. The predicted octanol–water partition coefficient (Wildman–Crippen LogP) is -0.166. The first-order valence-electron chi connectivity index (χ1n) is 5.41. The smallest absolute Gasteiger partial charge is 0.104 e. The minimum absolute atomic E-state index is 0.340. The second-order valence-electron chi connectivity index (χ2n) is 3.67. The molecule has 5 heteroatoms. The summed E-state index contributed by atoms with van der Waals surface area (Å²) in [7, 11) is 0. The summed E-state index contributed by atoms with van der Waals surface area (Å²) in [5.41, 5.74) is 0. The Balaban J connectivity index is 1.23. The van der Waals surface area contributed by atoms with Gasteiger partial charge in [0.2, 0.25) is 0 Å². The van der Waals surface area contributed by atoms with Crippen LogP contribution in [-0.4, -0.2) is 65.1 Å². The normalized spacial score (nSPS) is 28.0. The van der Waals surface area contributed by atoms with Crippen LogP contribution in [0.4, 0.5) is 0 Å². The fourth-order valence-electron chi connectivity index (χ4n) is 1.10. The summed E-state index contributed by atoms with van der Waals surface area (Å²) < 4.78 is 25.9. The van der Waals surface area contributed by atoms with E-state index in [1.807, 2.05) is 0 Å². The molecule has 5 nitrogen and oxygen atoms in total. The van der Waals surface area contributed by atoms with Crippen LogP contribution in [0, 0.1) is 0 Å². The largest absolute Gasteiger partial charge is 0.377 e. The first-order chi connectivity index (χ1) is 7.45. The molecule has 0 spiro atoms. The van der Waals surface area contributed by atoms with Crippen LogP contribution in [0.3, 0.4) is 0 Å². The van der Waals surface area contributed by atoms with E-state index in [0.717, 1.165) is 13.2 Å². The van der Waals surface area contributed by atoms with Crippen LogP contribution in [0.2, 0.25) is 0 Å². The molecular formula is C10H18O5. The summed E-state index contributed by atoms with van der Waals surface area (Å²) in [6, 6.07) is 0. The Morgan fingerprint density at radius 3 is 1.53 bits per heavy atom. The maximum Gasteiger partial charge on any atom is 0.104 e. The molecule has 0 N–H and O–H groups in total. The number of rotatable bonds is 10. The second-order valence-corrected chi connectivity index (χ2v) is 3.67. The monoisotopic (exact) mass is 218 g/mol. The zero-order chi connectivity index (χ0) is 10.3. The Bertz CT molecular complexity index is 149. The molecule has 0 radical (unpaired) electrons. The fraction of sp³-hybridized carbons (Fsp3) is 1.00. The van der Waals surface area contributed by atoms with Gasteiger partial charge in [-0.1, -0.05) is 0 Å². The maximum atomic E-state index is 5.31. The molecule has 2 rings (SSSR count). The third-order valence-electron chi connectivity index (χ3n) is 2.16. The number of hydrogen-bond acceptors (Lipinski definition) is 5. The summed E-state index contributed by atoms with van der Waals surface area (Å²) in [6.07, 6.45) is 0.679. The van der Waals surface area contributed by atoms with E-state index in [0.29, 0.717) is 51.8 Å². The molecule has 88 valence electrons. The molecule has 2 atom stereocenters. The average Bonchev–Trinajstić information content (AvgIpc) is 3.10. The van der Waals surface area contributed by atoms with Gasteiger partial charge in [0.1, 0.15) is 12.2 Å². The molecule has 0 unspecified atom stereocenters. The highest BCUT2D eigenvalue weighted by molar-refractivity contribution is 4.67. The Hall–Kier alpha value is -0.200. The van der Waals surface area contributed by atoms with Gasteiger partial charge in [-0.05, 0) is 0 Å². The quantitative estimate of drug-likeness (QED) is 0.376. The summed E-state index contributed by atoms with van der Waals surface area (Å²) in [5, 5.41) is 0. The van der Waals surface area contributed by atoms with Gasteiger partial charge in [-0.3, -0.25) is 0 Å². The van der Waals surface area contributed by atoms with Gasteiger partial charge in [-0.2, -0.15) is 0 Å². The van der Waals surface area contributed by atoms with Crippen LogP contribution in [0.15, 0.2) is 0 Å². The molecular weight excluding hydrogens is 200 g/mol. The van der Waals surface area contributed by atoms with E-state index < -0.39 is 0 Å². The van der Waals surface area contributed by atoms with E-state index in [1.54, 1.807) is 0 Å². The zero-order valence-corrected chi connectivity index (χ0v) is 8.85. The first kappa shape index (κ1) is 11.3. The van der Waals surface area contributed by atoms with E-state index in [4.69, 9.17) is 23.7 Å². The van der Waals surface area contributed by atoms with E-state index >= 15 is 0 Å². The predicted molar refractivity (Wildman–Crippen MR) is 51.9 cm³/mol. The summed E-state index contributed by atoms with van der Waals surface area (Å²) in [4.78, 5) is 0. The van der Waals surface area contributed by atoms with Crippen LogP contribution < -0.4 is 0 Å². The highest BCUT2D eigenvalue weighted by Gasteiger charge is 2.22. The molecule has 2 aliphatic heterocycles. The Labute approximate surface area is 89.6 Å². The lowest BCUT2D eigenvalue weighted by Crippen LogP contribution is -2.12. The van der Waals surface area contributed by atoms with Crippen LogP contribution >= 0.6 is 0 Å². The van der Waals surface area contributed by atoms with Crippen molar-refractivity contribution in [3.63, 3.8) is 0 Å². The van der Waals surface area contributed by atoms with Crippen molar-refractivity contribution in [1.29, 1.82) is 0 Å². The van der Waals surface area contributed by atoms with Crippen LogP contribution in [-0.2, 0) is 23.7 Å². The van der Waals surface area contributed by atoms with Crippen LogP contribution in [0.1, 0.15) is 0 Å². The molecule has 0 aliphatic carbocycles. The molecule has 0 bridgehead atoms. The van der Waals surface area contributed by atoms with Crippen molar-refractivity contribution < 1.29 is 23.7 Å². The lowest BCUT2D eigenvalue weighted by atomic mass is 10.5. The van der Waals surface area contributed by atoms with Gasteiger partial charge in [0.15, 0.2) is 0 Å². The molecule has 2 heterocycles. The highest BCUT2D eigenvalue weighted by Crippen LogP contribution is 2.08. The van der Waals surface area contributed by atoms with Gasteiger partial charge in [0.25, 0.3) is 0 Å². The molecule has 2 aliphatic rings. The molecule has 0 saturated carbocycles. The van der Waals surface area contributed by atoms with Crippen molar-refractivity contribution in [3.05, 3.63) is 0 Å². The van der Waals surface area contributed by atoms with Gasteiger partial charge in [-0.25, -0.2) is 0 Å². The van der Waals surface area contributed by atoms with Gasteiger partial charge in [0, 0.05) is 0 Å². The molecule has 2 saturated heterocycles. The van der Waals surface area contributed by atoms with E-state index in [9.17, 15) is 0 Å². The number of ether oxygens (including phenoxy) is 5. The van der Waals surface area contributed by atoms with Crippen molar-refractivity contribution in [2.75, 3.05) is 52.9 Å². The van der Waals surface area contributed by atoms with Crippen LogP contribution in [0.5, 0.6) is 0 Å². The van der Waals surface area contributed by atoms with Gasteiger partial charge >= 0.3 is 0 Å². The summed E-state index contributed by atoms with van der Waals surface area (Å²) >= 11 is 0. The number of epoxide rings is 2. The van der Waals surface area contributed by atoms with E-state index in [-0.39, 0.29) is 0 Å². The summed E-state index contributed by atoms with van der Waals surface area (Å²) in [6.45, 7) is 5.58. The lowest BCUT2D eigenvalue weighted by Gasteiger charge is -2.05. The zero-order valence-electron chi connectivity index (χ0n) is 8.85. The van der Waals surface area contributed by atoms with Crippen molar-refractivity contribution in [2.45, 2.75) is 12.2 Å². The molecule has 0 aromatic rings. The minimum Gasteiger partial charge on any atom is -0.377 e. The molecule has 0 amide bonds. The van der Waals surface area contributed by atoms with Gasteiger partial charge < -0.3 is 23.7 Å². The number of hydrogen-bond donors (Lipinski definition) is 0. The fourth-order valence-corrected chi connectivity index (χ4v) is 1.10. The molecule has 0 aromatic carbocycles. The second kappa shape index (κ2) is 6.40. The summed E-state index contributed by atoms with van der Waals surface area (Å²) in [5.74, 6) is 0. The Morgan fingerprint density at radius 2 is 1.13 bits per heavy atom. The van der Waals surface area contributed by atoms with E-state index in [1.165, 1.54) is 0 Å². The lowest BCUT2D eigenvalue weighted by molar-refractivity contribution is 0.00937. The topological polar surface area (TPSA) is 52.8 Å². The highest BCUT2D eigenvalue weighted by atomic mass is 16.6. The van der Waals surface area contributed by atoms with Crippen molar-refractivity contribution >= 4 is 0 Å². The van der Waals surface area contributed by atoms with Crippen LogP contribution in [0.25, 0.3) is 0 Å². The van der Waals surface area contributed by atoms with Gasteiger partial charge in [0.05, 0.1) is 52.9 Å². The van der Waals surface area contributed by atoms with Crippen molar-refractivity contribution in [1.82, 2.24) is 0 Å². The van der Waals surface area contributed by atoms with Crippen molar-refractivity contribution in [2.24, 2.45) is 0 Å². The minimum atomic E-state index is 0.340. The maximum absolute atomic E-state index is 5.31. The Morgan fingerprint density at radius 1 is 0.733 bits per heavy atom. The molecule has 15 heavy (non-hydrogen) atoms. The molecule has 2 fully saturated rings. The third-order valence-corrected chi connectivity index (χ3v) is 2.16. The molecule has 0 aromatic heterocycles. The third kappa shape index (κ3) is 6.06. The Kier molecular flexibility index (Phi) is 4.82. The standard InChI is InChI=1S/C10H18O5/c1(3-12-5-9-7-14-9)11-2-4-13-6-10-8-15-10/h9-10H,1-8H2/t9-,10-/m1/s1. The SMILES string of the molecule is C(COC[C@@H]1CO1)OCCOC[C@@H]1CO1. The first-order valence-corrected chi connectivity index (χ1v) is 5.41. The van der Waals surface area contributed by atoms with E-state index in [2.05, 4.69) is 0 Å². The van der Waals surface area contributed by atoms with Gasteiger partial charge in [-0.15, -0.1) is 0 Å².